The SMILES string of the molecule is Cn1cc(O[C@@H]2CCC[C@@H]2N)cn1. The lowest BCUT2D eigenvalue weighted by atomic mass is 10.2. The molecule has 0 unspecified atom stereocenters. The van der Waals surface area contributed by atoms with Crippen LogP contribution in [0.5, 0.6) is 5.75 Å². The van der Waals surface area contributed by atoms with Crippen molar-refractivity contribution in [2.75, 3.05) is 0 Å². The summed E-state index contributed by atoms with van der Waals surface area (Å²) < 4.78 is 7.43. The molecule has 0 aliphatic heterocycles. The molecule has 1 aliphatic carbocycles. The van der Waals surface area contributed by atoms with Crippen LogP contribution in [0.3, 0.4) is 0 Å². The Morgan fingerprint density at radius 1 is 1.62 bits per heavy atom. The fraction of sp³-hybridized carbons (Fsp3) is 0.667. The van der Waals surface area contributed by atoms with E-state index in [1.54, 1.807) is 10.9 Å². The Bertz CT molecular complexity index is 284. The molecule has 1 aromatic heterocycles. The number of rotatable bonds is 2. The molecule has 2 N–H and O–H groups in total. The Morgan fingerprint density at radius 3 is 3.00 bits per heavy atom. The van der Waals surface area contributed by atoms with E-state index in [9.17, 15) is 0 Å². The van der Waals surface area contributed by atoms with Gasteiger partial charge in [-0.1, -0.05) is 0 Å². The maximum atomic E-state index is 5.88. The summed E-state index contributed by atoms with van der Waals surface area (Å²) in [6, 6.07) is 0.195. The van der Waals surface area contributed by atoms with Crippen LogP contribution in [-0.4, -0.2) is 21.9 Å². The average molecular weight is 181 g/mol. The molecular formula is C9H15N3O. The van der Waals surface area contributed by atoms with Crippen molar-refractivity contribution < 1.29 is 4.74 Å². The van der Waals surface area contributed by atoms with Crippen LogP contribution in [0.1, 0.15) is 19.3 Å². The first-order chi connectivity index (χ1) is 6.25. The fourth-order valence-corrected chi connectivity index (χ4v) is 1.74. The molecule has 72 valence electrons. The maximum absolute atomic E-state index is 5.88. The van der Waals surface area contributed by atoms with Gasteiger partial charge < -0.3 is 10.5 Å². The van der Waals surface area contributed by atoms with Crippen molar-refractivity contribution in [3.63, 3.8) is 0 Å². The molecular weight excluding hydrogens is 166 g/mol. The van der Waals surface area contributed by atoms with E-state index in [2.05, 4.69) is 5.10 Å². The van der Waals surface area contributed by atoms with E-state index in [1.807, 2.05) is 13.2 Å². The van der Waals surface area contributed by atoms with Crippen molar-refractivity contribution in [1.29, 1.82) is 0 Å². The van der Waals surface area contributed by atoms with Gasteiger partial charge in [-0.3, -0.25) is 4.68 Å². The van der Waals surface area contributed by atoms with Crippen LogP contribution >= 0.6 is 0 Å². The highest BCUT2D eigenvalue weighted by Crippen LogP contribution is 2.22. The van der Waals surface area contributed by atoms with E-state index in [4.69, 9.17) is 10.5 Å². The molecule has 0 spiro atoms. The normalized spacial score (nSPS) is 27.8. The zero-order valence-electron chi connectivity index (χ0n) is 7.81. The van der Waals surface area contributed by atoms with Gasteiger partial charge in [-0.15, -0.1) is 0 Å². The monoisotopic (exact) mass is 181 g/mol. The topological polar surface area (TPSA) is 53.1 Å². The third-order valence-electron chi connectivity index (χ3n) is 2.47. The summed E-state index contributed by atoms with van der Waals surface area (Å²) in [4.78, 5) is 0. The number of aromatic nitrogens is 2. The number of nitrogens with zero attached hydrogens (tertiary/aromatic N) is 2. The maximum Gasteiger partial charge on any atom is 0.157 e. The summed E-state index contributed by atoms with van der Waals surface area (Å²) in [6.45, 7) is 0. The molecule has 13 heavy (non-hydrogen) atoms. The number of aryl methyl sites for hydroxylation is 1. The van der Waals surface area contributed by atoms with Crippen LogP contribution < -0.4 is 10.5 Å². The first kappa shape index (κ1) is 8.56. The van der Waals surface area contributed by atoms with Gasteiger partial charge in [0.25, 0.3) is 0 Å². The van der Waals surface area contributed by atoms with Crippen LogP contribution in [0, 0.1) is 0 Å². The Kier molecular flexibility index (Phi) is 2.22. The van der Waals surface area contributed by atoms with E-state index in [1.165, 1.54) is 6.42 Å². The van der Waals surface area contributed by atoms with Gasteiger partial charge in [0, 0.05) is 13.1 Å². The molecule has 0 amide bonds. The lowest BCUT2D eigenvalue weighted by Crippen LogP contribution is -2.33. The lowest BCUT2D eigenvalue weighted by Gasteiger charge is -2.15. The molecule has 1 fully saturated rings. The molecule has 2 atom stereocenters. The van der Waals surface area contributed by atoms with Crippen molar-refractivity contribution in [3.05, 3.63) is 12.4 Å². The van der Waals surface area contributed by atoms with Gasteiger partial charge in [-0.25, -0.2) is 0 Å². The van der Waals surface area contributed by atoms with E-state index in [0.29, 0.717) is 0 Å². The van der Waals surface area contributed by atoms with Gasteiger partial charge in [0.1, 0.15) is 6.10 Å². The Balaban J connectivity index is 1.97. The molecule has 4 heteroatoms. The van der Waals surface area contributed by atoms with Crippen molar-refractivity contribution in [1.82, 2.24) is 9.78 Å². The average Bonchev–Trinajstić information content (AvgIpc) is 2.64. The second-order valence-corrected chi connectivity index (χ2v) is 3.60. The summed E-state index contributed by atoms with van der Waals surface area (Å²) >= 11 is 0. The summed E-state index contributed by atoms with van der Waals surface area (Å²) in [5, 5.41) is 4.03. The van der Waals surface area contributed by atoms with Gasteiger partial charge in [0.05, 0.1) is 12.4 Å². The van der Waals surface area contributed by atoms with Crippen LogP contribution in [0.15, 0.2) is 12.4 Å². The van der Waals surface area contributed by atoms with Crippen molar-refractivity contribution in [2.45, 2.75) is 31.4 Å². The van der Waals surface area contributed by atoms with Gasteiger partial charge >= 0.3 is 0 Å². The van der Waals surface area contributed by atoms with Gasteiger partial charge in [-0.2, -0.15) is 5.10 Å². The van der Waals surface area contributed by atoms with Crippen molar-refractivity contribution >= 4 is 0 Å². The number of hydrogen-bond acceptors (Lipinski definition) is 3. The highest BCUT2D eigenvalue weighted by atomic mass is 16.5. The molecule has 0 radical (unpaired) electrons. The van der Waals surface area contributed by atoms with Gasteiger partial charge in [0.2, 0.25) is 0 Å². The smallest absolute Gasteiger partial charge is 0.157 e. The van der Waals surface area contributed by atoms with E-state index >= 15 is 0 Å². The number of hydrogen-bond donors (Lipinski definition) is 1. The fourth-order valence-electron chi connectivity index (χ4n) is 1.74. The van der Waals surface area contributed by atoms with Crippen LogP contribution in [0.2, 0.25) is 0 Å². The Morgan fingerprint density at radius 2 is 2.46 bits per heavy atom. The standard InChI is InChI=1S/C9H15N3O/c1-12-6-7(5-11-12)13-9-4-2-3-8(9)10/h5-6,8-9H,2-4,10H2,1H3/t8-,9+/m0/s1. The summed E-state index contributed by atoms with van der Waals surface area (Å²) in [5.74, 6) is 0.824. The number of ether oxygens (including phenoxy) is 1. The van der Waals surface area contributed by atoms with Crippen LogP contribution in [-0.2, 0) is 7.05 Å². The minimum Gasteiger partial charge on any atom is -0.486 e. The molecule has 1 aliphatic rings. The van der Waals surface area contributed by atoms with Gasteiger partial charge in [-0.05, 0) is 19.3 Å². The van der Waals surface area contributed by atoms with Crippen LogP contribution in [0.4, 0.5) is 0 Å². The molecule has 0 bridgehead atoms. The van der Waals surface area contributed by atoms with Crippen molar-refractivity contribution in [3.8, 4) is 5.75 Å². The molecule has 0 aromatic carbocycles. The highest BCUT2D eigenvalue weighted by molar-refractivity contribution is 5.12. The second-order valence-electron chi connectivity index (χ2n) is 3.60. The highest BCUT2D eigenvalue weighted by Gasteiger charge is 2.25. The second kappa shape index (κ2) is 3.38. The summed E-state index contributed by atoms with van der Waals surface area (Å²) in [5.41, 5.74) is 5.88. The largest absolute Gasteiger partial charge is 0.486 e. The first-order valence-electron chi connectivity index (χ1n) is 4.66. The van der Waals surface area contributed by atoms with E-state index in [-0.39, 0.29) is 12.1 Å². The molecule has 0 saturated heterocycles. The zero-order valence-corrected chi connectivity index (χ0v) is 7.81. The molecule has 2 rings (SSSR count). The number of nitrogens with two attached hydrogens (primary N) is 1. The third-order valence-corrected chi connectivity index (χ3v) is 2.47. The van der Waals surface area contributed by atoms with Gasteiger partial charge in [0.15, 0.2) is 5.75 Å². The zero-order chi connectivity index (χ0) is 9.26. The van der Waals surface area contributed by atoms with E-state index in [0.717, 1.165) is 18.6 Å². The summed E-state index contributed by atoms with van der Waals surface area (Å²) in [6.07, 6.45) is 7.09. The Hall–Kier alpha value is -1.03. The summed E-state index contributed by atoms with van der Waals surface area (Å²) in [7, 11) is 1.88. The minimum absolute atomic E-state index is 0.184. The predicted octanol–water partition coefficient (Wildman–Crippen LogP) is 0.679. The van der Waals surface area contributed by atoms with Crippen molar-refractivity contribution in [2.24, 2.45) is 12.8 Å². The molecule has 4 nitrogen and oxygen atoms in total. The quantitative estimate of drug-likeness (QED) is 0.730. The molecule has 1 heterocycles. The predicted molar refractivity (Wildman–Crippen MR) is 49.5 cm³/mol. The minimum atomic E-state index is 0.184. The molecule has 1 aromatic rings. The molecule has 1 saturated carbocycles. The van der Waals surface area contributed by atoms with Crippen LogP contribution in [0.25, 0.3) is 0 Å². The third kappa shape index (κ3) is 1.83. The Labute approximate surface area is 77.7 Å². The first-order valence-corrected chi connectivity index (χ1v) is 4.66. The lowest BCUT2D eigenvalue weighted by molar-refractivity contribution is 0.191. The van der Waals surface area contributed by atoms with E-state index < -0.39 is 0 Å².